The lowest BCUT2D eigenvalue weighted by molar-refractivity contribution is 0.242. The minimum atomic E-state index is 0.0329. The fourth-order valence-electron chi connectivity index (χ4n) is 4.01. The predicted octanol–water partition coefficient (Wildman–Crippen LogP) is 6.52. The van der Waals surface area contributed by atoms with Gasteiger partial charge in [0.2, 0.25) is 0 Å². The summed E-state index contributed by atoms with van der Waals surface area (Å²) in [6.07, 6.45) is 6.95. The Morgan fingerprint density at radius 1 is 1.23 bits per heavy atom. The van der Waals surface area contributed by atoms with Crippen LogP contribution in [0.4, 0.5) is 0 Å². The largest absolute Gasteiger partial charge is 0.490 e. The Morgan fingerprint density at radius 2 is 2.10 bits per heavy atom. The van der Waals surface area contributed by atoms with Crippen LogP contribution in [-0.4, -0.2) is 16.3 Å². The lowest BCUT2D eigenvalue weighted by atomic mass is 10.0. The molecule has 0 amide bonds. The highest BCUT2D eigenvalue weighted by molar-refractivity contribution is 7.98. The molecule has 1 unspecified atom stereocenters. The van der Waals surface area contributed by atoms with Gasteiger partial charge in [0, 0.05) is 23.1 Å². The molecule has 1 saturated carbocycles. The molecule has 0 spiro atoms. The first-order valence-electron chi connectivity index (χ1n) is 10.8. The third kappa shape index (κ3) is 4.36. The van der Waals surface area contributed by atoms with Crippen LogP contribution in [0.5, 0.6) is 5.75 Å². The summed E-state index contributed by atoms with van der Waals surface area (Å²) >= 11 is 3.60. The van der Waals surface area contributed by atoms with Crippen molar-refractivity contribution in [3.63, 3.8) is 0 Å². The number of nitriles is 1. The van der Waals surface area contributed by atoms with Crippen molar-refractivity contribution in [2.75, 3.05) is 0 Å². The molecular formula is C25H25N3OS2. The monoisotopic (exact) mass is 447 g/mol. The second-order valence-corrected chi connectivity index (χ2v) is 10.6. The van der Waals surface area contributed by atoms with E-state index in [2.05, 4.69) is 34.0 Å². The van der Waals surface area contributed by atoms with Crippen LogP contribution >= 0.6 is 23.3 Å². The smallest absolute Gasteiger partial charge is 0.137 e. The van der Waals surface area contributed by atoms with Crippen molar-refractivity contribution in [3.05, 3.63) is 59.3 Å². The zero-order valence-electron chi connectivity index (χ0n) is 17.7. The van der Waals surface area contributed by atoms with E-state index in [-0.39, 0.29) is 6.10 Å². The highest BCUT2D eigenvalue weighted by Crippen LogP contribution is 2.43. The van der Waals surface area contributed by atoms with Gasteiger partial charge >= 0.3 is 0 Å². The van der Waals surface area contributed by atoms with Crippen LogP contribution in [-0.2, 0) is 6.42 Å². The third-order valence-electron chi connectivity index (χ3n) is 5.65. The van der Waals surface area contributed by atoms with Crippen LogP contribution in [0, 0.1) is 11.3 Å². The maximum absolute atomic E-state index is 9.54. The Bertz CT molecular complexity index is 1140. The van der Waals surface area contributed by atoms with E-state index in [1.165, 1.54) is 34.4 Å². The van der Waals surface area contributed by atoms with Gasteiger partial charge < -0.3 is 4.74 Å². The molecule has 2 aromatic carbocycles. The van der Waals surface area contributed by atoms with E-state index < -0.39 is 0 Å². The van der Waals surface area contributed by atoms with Gasteiger partial charge in [0.25, 0.3) is 0 Å². The normalized spacial score (nSPS) is 17.5. The molecule has 2 aliphatic rings. The van der Waals surface area contributed by atoms with Crippen LogP contribution in [0.2, 0.25) is 0 Å². The average molecular weight is 448 g/mol. The van der Waals surface area contributed by atoms with E-state index in [1.807, 2.05) is 50.2 Å². The number of thiazole rings is 1. The molecule has 2 aliphatic carbocycles. The van der Waals surface area contributed by atoms with Crippen molar-refractivity contribution < 1.29 is 4.74 Å². The Hall–Kier alpha value is -2.33. The highest BCUT2D eigenvalue weighted by atomic mass is 32.2. The predicted molar refractivity (Wildman–Crippen MR) is 128 cm³/mol. The number of nitrogens with one attached hydrogen (secondary N) is 1. The van der Waals surface area contributed by atoms with Crippen LogP contribution in [0.25, 0.3) is 21.0 Å². The standard InChI is InChI=1S/C25H25N3OS2/c1-15(2)29-23-11-6-16(12-17(23)13-26)25-27-14-24(30-25)21-5-3-4-20-19(21)9-10-22(20)28-31-18-7-8-18/h3-6,11-12,14-15,18,22,28H,7-10H2,1-2H3. The Kier molecular flexibility index (Phi) is 5.75. The quantitative estimate of drug-likeness (QED) is 0.418. The van der Waals surface area contributed by atoms with Crippen LogP contribution < -0.4 is 9.46 Å². The Balaban J connectivity index is 1.41. The molecule has 0 bridgehead atoms. The van der Waals surface area contributed by atoms with Crippen molar-refractivity contribution in [2.45, 2.75) is 56.9 Å². The number of fused-ring (bicyclic) bond motifs is 1. The van der Waals surface area contributed by atoms with Crippen LogP contribution in [0.3, 0.4) is 0 Å². The average Bonchev–Trinajstić information content (AvgIpc) is 3.31. The SMILES string of the molecule is CC(C)Oc1ccc(-c2ncc(-c3cccc4c3CCC4NSC3CC3)s2)cc1C#N. The van der Waals surface area contributed by atoms with Gasteiger partial charge in [-0.2, -0.15) is 5.26 Å². The number of nitrogens with zero attached hydrogens (tertiary/aromatic N) is 2. The second-order valence-electron chi connectivity index (χ2n) is 8.42. The van der Waals surface area contributed by atoms with E-state index in [9.17, 15) is 5.26 Å². The maximum atomic E-state index is 9.54. The topological polar surface area (TPSA) is 57.9 Å². The molecule has 0 radical (unpaired) electrons. The molecule has 6 heteroatoms. The molecule has 0 saturated heterocycles. The minimum Gasteiger partial charge on any atom is -0.490 e. The summed E-state index contributed by atoms with van der Waals surface area (Å²) in [5.74, 6) is 0.626. The molecule has 5 rings (SSSR count). The lowest BCUT2D eigenvalue weighted by Crippen LogP contribution is -2.11. The van der Waals surface area contributed by atoms with E-state index in [4.69, 9.17) is 4.74 Å². The van der Waals surface area contributed by atoms with Gasteiger partial charge in [0.15, 0.2) is 0 Å². The van der Waals surface area contributed by atoms with Crippen LogP contribution in [0.15, 0.2) is 42.6 Å². The second kappa shape index (κ2) is 8.66. The summed E-state index contributed by atoms with van der Waals surface area (Å²) in [5, 5.41) is 11.3. The Labute approximate surface area is 191 Å². The summed E-state index contributed by atoms with van der Waals surface area (Å²) in [7, 11) is 0. The number of ether oxygens (including phenoxy) is 1. The number of aromatic nitrogens is 1. The first-order valence-corrected chi connectivity index (χ1v) is 12.5. The number of hydrogen-bond acceptors (Lipinski definition) is 6. The molecule has 1 aromatic heterocycles. The van der Waals surface area contributed by atoms with Crippen LogP contribution in [0.1, 0.15) is 55.8 Å². The molecule has 158 valence electrons. The summed E-state index contributed by atoms with van der Waals surface area (Å²) in [6, 6.07) is 15.1. The molecule has 0 aliphatic heterocycles. The molecular weight excluding hydrogens is 422 g/mol. The first-order chi connectivity index (χ1) is 15.1. The van der Waals surface area contributed by atoms with Crippen molar-refractivity contribution >= 4 is 23.3 Å². The number of benzene rings is 2. The van der Waals surface area contributed by atoms with Gasteiger partial charge in [-0.3, -0.25) is 4.72 Å². The van der Waals surface area contributed by atoms with E-state index in [0.717, 1.165) is 28.7 Å². The zero-order valence-corrected chi connectivity index (χ0v) is 19.4. The van der Waals surface area contributed by atoms with E-state index in [1.54, 1.807) is 11.3 Å². The summed E-state index contributed by atoms with van der Waals surface area (Å²) < 4.78 is 9.46. The van der Waals surface area contributed by atoms with Gasteiger partial charge in [-0.15, -0.1) is 11.3 Å². The zero-order chi connectivity index (χ0) is 21.4. The van der Waals surface area contributed by atoms with Gasteiger partial charge in [-0.25, -0.2) is 4.98 Å². The Morgan fingerprint density at radius 3 is 2.87 bits per heavy atom. The molecule has 4 nitrogen and oxygen atoms in total. The van der Waals surface area contributed by atoms with E-state index >= 15 is 0 Å². The third-order valence-corrected chi connectivity index (χ3v) is 7.96. The summed E-state index contributed by atoms with van der Waals surface area (Å²) in [5.41, 5.74) is 5.68. The molecule has 31 heavy (non-hydrogen) atoms. The van der Waals surface area contributed by atoms with Crippen molar-refractivity contribution in [1.82, 2.24) is 9.71 Å². The van der Waals surface area contributed by atoms with Gasteiger partial charge in [-0.1, -0.05) is 30.1 Å². The van der Waals surface area contributed by atoms with Crippen molar-refractivity contribution in [1.29, 1.82) is 5.26 Å². The summed E-state index contributed by atoms with van der Waals surface area (Å²) in [4.78, 5) is 5.87. The van der Waals surface area contributed by atoms with E-state index in [0.29, 0.717) is 17.4 Å². The molecule has 1 fully saturated rings. The number of hydrogen-bond donors (Lipinski definition) is 1. The first kappa shape index (κ1) is 20.6. The molecule has 1 N–H and O–H groups in total. The molecule has 1 atom stereocenters. The summed E-state index contributed by atoms with van der Waals surface area (Å²) in [6.45, 7) is 3.93. The lowest BCUT2D eigenvalue weighted by Gasteiger charge is -2.13. The highest BCUT2D eigenvalue weighted by Gasteiger charge is 2.28. The maximum Gasteiger partial charge on any atom is 0.137 e. The van der Waals surface area contributed by atoms with Gasteiger partial charge in [-0.05, 0) is 74.4 Å². The fourth-order valence-corrected chi connectivity index (χ4v) is 5.95. The van der Waals surface area contributed by atoms with Crippen molar-refractivity contribution in [3.8, 4) is 32.8 Å². The minimum absolute atomic E-state index is 0.0329. The van der Waals surface area contributed by atoms with Gasteiger partial charge in [0.05, 0.1) is 16.5 Å². The molecule has 3 aromatic rings. The fraction of sp³-hybridized carbons (Fsp3) is 0.360. The van der Waals surface area contributed by atoms with Crippen molar-refractivity contribution in [2.24, 2.45) is 0 Å². The number of rotatable bonds is 7. The molecule has 1 heterocycles. The van der Waals surface area contributed by atoms with Gasteiger partial charge in [0.1, 0.15) is 16.8 Å².